The number of nitrogens with zero attached hydrogens (tertiary/aromatic N) is 2. The van der Waals surface area contributed by atoms with E-state index < -0.39 is 0 Å². The molecule has 0 saturated carbocycles. The topological polar surface area (TPSA) is 23.6 Å². The SMILES string of the molecule is Cc1ccc(Cl)cc1N1CCN(C(=O)c2cc3c(s2)CCCC3)CC1. The average Bonchev–Trinajstić information content (AvgIpc) is 3.07. The highest BCUT2D eigenvalue weighted by molar-refractivity contribution is 7.14. The Kier molecular flexibility index (Phi) is 4.74. The van der Waals surface area contributed by atoms with E-state index in [1.54, 1.807) is 11.3 Å². The molecule has 2 aromatic rings. The number of halogens is 1. The van der Waals surface area contributed by atoms with Crippen LogP contribution in [-0.2, 0) is 12.8 Å². The van der Waals surface area contributed by atoms with Gasteiger partial charge in [-0.05, 0) is 61.9 Å². The van der Waals surface area contributed by atoms with E-state index in [9.17, 15) is 4.79 Å². The van der Waals surface area contributed by atoms with Gasteiger partial charge in [0.05, 0.1) is 4.88 Å². The number of benzene rings is 1. The molecule has 1 aromatic carbocycles. The van der Waals surface area contributed by atoms with Gasteiger partial charge in [0, 0.05) is 41.8 Å². The standard InChI is InChI=1S/C20H23ClN2OS/c1-14-6-7-16(21)13-17(14)22-8-10-23(11-9-22)20(24)19-12-15-4-2-3-5-18(15)25-19/h6-7,12-13H,2-5,8-11H2,1H3. The maximum absolute atomic E-state index is 12.9. The maximum Gasteiger partial charge on any atom is 0.264 e. The van der Waals surface area contributed by atoms with Crippen LogP contribution in [0.4, 0.5) is 5.69 Å². The number of carbonyl (C=O) groups excluding carboxylic acids is 1. The molecule has 5 heteroatoms. The van der Waals surface area contributed by atoms with Gasteiger partial charge in [-0.15, -0.1) is 11.3 Å². The number of thiophene rings is 1. The van der Waals surface area contributed by atoms with Gasteiger partial charge in [-0.3, -0.25) is 4.79 Å². The van der Waals surface area contributed by atoms with Crippen LogP contribution in [-0.4, -0.2) is 37.0 Å². The summed E-state index contributed by atoms with van der Waals surface area (Å²) in [6.07, 6.45) is 4.81. The predicted molar refractivity (Wildman–Crippen MR) is 105 cm³/mol. The molecule has 2 aliphatic rings. The second-order valence-corrected chi connectivity index (χ2v) is 8.55. The fourth-order valence-electron chi connectivity index (χ4n) is 3.83. The monoisotopic (exact) mass is 374 g/mol. The molecule has 1 fully saturated rings. The Morgan fingerprint density at radius 2 is 1.84 bits per heavy atom. The van der Waals surface area contributed by atoms with E-state index in [4.69, 9.17) is 11.6 Å². The number of piperazine rings is 1. The summed E-state index contributed by atoms with van der Waals surface area (Å²) in [7, 11) is 0. The highest BCUT2D eigenvalue weighted by Gasteiger charge is 2.25. The van der Waals surface area contributed by atoms with Crippen LogP contribution in [0.3, 0.4) is 0 Å². The summed E-state index contributed by atoms with van der Waals surface area (Å²) in [5.41, 5.74) is 3.83. The number of anilines is 1. The molecule has 3 nitrogen and oxygen atoms in total. The van der Waals surface area contributed by atoms with Crippen molar-refractivity contribution >= 4 is 34.5 Å². The number of carbonyl (C=O) groups is 1. The molecule has 4 rings (SSSR count). The molecule has 1 aromatic heterocycles. The molecule has 2 heterocycles. The van der Waals surface area contributed by atoms with Crippen molar-refractivity contribution in [2.45, 2.75) is 32.6 Å². The van der Waals surface area contributed by atoms with Crippen LogP contribution in [0.15, 0.2) is 24.3 Å². The first kappa shape index (κ1) is 16.9. The quantitative estimate of drug-likeness (QED) is 0.769. The van der Waals surface area contributed by atoms with Crippen LogP contribution in [0.2, 0.25) is 5.02 Å². The minimum Gasteiger partial charge on any atom is -0.368 e. The number of hydrogen-bond donors (Lipinski definition) is 0. The first-order chi connectivity index (χ1) is 12.1. The van der Waals surface area contributed by atoms with Gasteiger partial charge in [0.2, 0.25) is 0 Å². The van der Waals surface area contributed by atoms with E-state index >= 15 is 0 Å². The average molecular weight is 375 g/mol. The third-order valence-corrected chi connectivity index (χ3v) is 6.75. The molecule has 0 bridgehead atoms. The minimum absolute atomic E-state index is 0.210. The van der Waals surface area contributed by atoms with Gasteiger partial charge in [0.25, 0.3) is 5.91 Å². The number of fused-ring (bicyclic) bond motifs is 1. The highest BCUT2D eigenvalue weighted by Crippen LogP contribution is 2.31. The van der Waals surface area contributed by atoms with Gasteiger partial charge in [-0.25, -0.2) is 0 Å². The summed E-state index contributed by atoms with van der Waals surface area (Å²) in [5, 5.41) is 0.767. The van der Waals surface area contributed by atoms with E-state index in [1.807, 2.05) is 17.0 Å². The van der Waals surface area contributed by atoms with Crippen molar-refractivity contribution < 1.29 is 4.79 Å². The van der Waals surface area contributed by atoms with Crippen LogP contribution in [0, 0.1) is 6.92 Å². The summed E-state index contributed by atoms with van der Waals surface area (Å²) >= 11 is 7.87. The molecule has 1 aliphatic heterocycles. The molecule has 132 valence electrons. The first-order valence-electron chi connectivity index (χ1n) is 9.04. The smallest absolute Gasteiger partial charge is 0.264 e. The molecule has 1 saturated heterocycles. The summed E-state index contributed by atoms with van der Waals surface area (Å²) in [4.78, 5) is 19.6. The zero-order valence-corrected chi connectivity index (χ0v) is 16.1. The second kappa shape index (κ2) is 7.00. The largest absolute Gasteiger partial charge is 0.368 e. The lowest BCUT2D eigenvalue weighted by Gasteiger charge is -2.36. The molecule has 1 aliphatic carbocycles. The van der Waals surface area contributed by atoms with Crippen molar-refractivity contribution in [3.63, 3.8) is 0 Å². The Morgan fingerprint density at radius 1 is 1.08 bits per heavy atom. The molecular formula is C20H23ClN2OS. The lowest BCUT2D eigenvalue weighted by Crippen LogP contribution is -2.48. The van der Waals surface area contributed by atoms with Crippen LogP contribution >= 0.6 is 22.9 Å². The number of hydrogen-bond acceptors (Lipinski definition) is 3. The Morgan fingerprint density at radius 3 is 2.60 bits per heavy atom. The molecule has 0 atom stereocenters. The maximum atomic E-state index is 12.9. The van der Waals surface area contributed by atoms with Gasteiger partial charge < -0.3 is 9.80 Å². The third-order valence-electron chi connectivity index (χ3n) is 5.29. The van der Waals surface area contributed by atoms with Crippen molar-refractivity contribution in [3.05, 3.63) is 50.2 Å². The van der Waals surface area contributed by atoms with Crippen molar-refractivity contribution in [1.29, 1.82) is 0 Å². The van der Waals surface area contributed by atoms with Crippen molar-refractivity contribution in [3.8, 4) is 0 Å². The highest BCUT2D eigenvalue weighted by atomic mass is 35.5. The van der Waals surface area contributed by atoms with E-state index in [2.05, 4.69) is 24.0 Å². The Balaban J connectivity index is 1.44. The first-order valence-corrected chi connectivity index (χ1v) is 10.2. The van der Waals surface area contributed by atoms with E-state index in [-0.39, 0.29) is 5.91 Å². The fraction of sp³-hybridized carbons (Fsp3) is 0.450. The Bertz CT molecular complexity index is 769. The van der Waals surface area contributed by atoms with Crippen LogP contribution < -0.4 is 4.90 Å². The van der Waals surface area contributed by atoms with Crippen molar-refractivity contribution in [2.24, 2.45) is 0 Å². The lowest BCUT2D eigenvalue weighted by atomic mass is 9.99. The number of rotatable bonds is 2. The van der Waals surface area contributed by atoms with Crippen molar-refractivity contribution in [1.82, 2.24) is 4.90 Å². The van der Waals surface area contributed by atoms with E-state index in [0.29, 0.717) is 0 Å². The summed E-state index contributed by atoms with van der Waals surface area (Å²) in [6, 6.07) is 8.17. The minimum atomic E-state index is 0.210. The van der Waals surface area contributed by atoms with Gasteiger partial charge in [0.1, 0.15) is 0 Å². The number of amides is 1. The molecular weight excluding hydrogens is 352 g/mol. The van der Waals surface area contributed by atoms with Gasteiger partial charge in [-0.2, -0.15) is 0 Å². The zero-order valence-electron chi connectivity index (χ0n) is 14.6. The normalized spacial score (nSPS) is 17.5. The molecule has 0 radical (unpaired) electrons. The van der Waals surface area contributed by atoms with Crippen LogP contribution in [0.5, 0.6) is 0 Å². The van der Waals surface area contributed by atoms with Crippen molar-refractivity contribution in [2.75, 3.05) is 31.1 Å². The zero-order chi connectivity index (χ0) is 17.4. The van der Waals surface area contributed by atoms with E-state index in [0.717, 1.165) is 48.9 Å². The molecule has 0 N–H and O–H groups in total. The second-order valence-electron chi connectivity index (χ2n) is 6.98. The fourth-order valence-corrected chi connectivity index (χ4v) is 5.21. The molecule has 1 amide bonds. The summed E-state index contributed by atoms with van der Waals surface area (Å²) in [6.45, 7) is 5.37. The molecule has 0 unspecified atom stereocenters. The molecule has 0 spiro atoms. The molecule has 25 heavy (non-hydrogen) atoms. The Hall–Kier alpha value is -1.52. The summed E-state index contributed by atoms with van der Waals surface area (Å²) in [5.74, 6) is 0.210. The summed E-state index contributed by atoms with van der Waals surface area (Å²) < 4.78 is 0. The Labute approximate surface area is 158 Å². The van der Waals surface area contributed by atoms with Crippen LogP contribution in [0.25, 0.3) is 0 Å². The van der Waals surface area contributed by atoms with E-state index in [1.165, 1.54) is 34.5 Å². The van der Waals surface area contributed by atoms with Crippen LogP contribution in [0.1, 0.15) is 38.5 Å². The van der Waals surface area contributed by atoms with Gasteiger partial charge in [0.15, 0.2) is 0 Å². The predicted octanol–water partition coefficient (Wildman–Crippen LogP) is 4.55. The number of aryl methyl sites for hydroxylation is 3. The lowest BCUT2D eigenvalue weighted by molar-refractivity contribution is 0.0751. The van der Waals surface area contributed by atoms with Gasteiger partial charge in [-0.1, -0.05) is 17.7 Å². The third kappa shape index (κ3) is 3.42. The van der Waals surface area contributed by atoms with Gasteiger partial charge >= 0.3 is 0 Å².